The summed E-state index contributed by atoms with van der Waals surface area (Å²) < 4.78 is 19.6. The summed E-state index contributed by atoms with van der Waals surface area (Å²) in [5.41, 5.74) is 5.95. The van der Waals surface area contributed by atoms with E-state index < -0.39 is 0 Å². The number of pyridine rings is 1. The van der Waals surface area contributed by atoms with Crippen molar-refractivity contribution in [1.82, 2.24) is 24.2 Å². The van der Waals surface area contributed by atoms with Crippen molar-refractivity contribution in [2.45, 2.75) is 32.7 Å². The molecule has 7 rings (SSSR count). The van der Waals surface area contributed by atoms with Gasteiger partial charge in [0.15, 0.2) is 24.8 Å². The molecule has 0 atom stereocenters. The van der Waals surface area contributed by atoms with Crippen molar-refractivity contribution < 1.29 is 8.97 Å². The minimum absolute atomic E-state index is 0.167. The molecule has 2 aromatic carbocycles. The van der Waals surface area contributed by atoms with Crippen LogP contribution in [0.2, 0.25) is 0 Å². The van der Waals surface area contributed by atoms with Crippen LogP contribution in [0.25, 0.3) is 33.2 Å². The fraction of sp³-hybridized carbons (Fsp3) is 0.273. The van der Waals surface area contributed by atoms with Gasteiger partial charge in [0, 0.05) is 41.3 Å². The van der Waals surface area contributed by atoms with Crippen LogP contribution in [-0.2, 0) is 13.0 Å². The fourth-order valence-electron chi connectivity index (χ4n) is 5.90. The second kappa shape index (κ2) is 10.5. The predicted octanol–water partition coefficient (Wildman–Crippen LogP) is 4.96. The van der Waals surface area contributed by atoms with Crippen LogP contribution < -0.4 is 5.56 Å². The smallest absolute Gasteiger partial charge is 0.266 e. The third-order valence-corrected chi connectivity index (χ3v) is 8.24. The Labute approximate surface area is 237 Å². The van der Waals surface area contributed by atoms with E-state index in [1.165, 1.54) is 54.4 Å². The molecular weight excluding hydrogens is 515 g/mol. The van der Waals surface area contributed by atoms with Gasteiger partial charge in [-0.3, -0.25) is 19.2 Å². The summed E-state index contributed by atoms with van der Waals surface area (Å²) >= 11 is 0. The van der Waals surface area contributed by atoms with E-state index >= 15 is 0 Å². The number of hydrogen-bond donors (Lipinski definition) is 0. The molecule has 41 heavy (non-hydrogen) atoms. The van der Waals surface area contributed by atoms with Crippen LogP contribution >= 0.6 is 0 Å². The zero-order valence-corrected chi connectivity index (χ0v) is 23.1. The Morgan fingerprint density at radius 3 is 2.71 bits per heavy atom. The van der Waals surface area contributed by atoms with Gasteiger partial charge >= 0.3 is 0 Å². The molecule has 0 radical (unpaired) electrons. The highest BCUT2D eigenvalue weighted by Crippen LogP contribution is 2.25. The molecule has 1 fully saturated rings. The first kappa shape index (κ1) is 25.5. The summed E-state index contributed by atoms with van der Waals surface area (Å²) in [5, 5.41) is 6.67. The first-order valence-corrected chi connectivity index (χ1v) is 14.3. The van der Waals surface area contributed by atoms with Crippen molar-refractivity contribution in [3.63, 3.8) is 0 Å². The molecule has 0 spiro atoms. The maximum Gasteiger partial charge on any atom is 0.266 e. The van der Waals surface area contributed by atoms with Gasteiger partial charge in [0.25, 0.3) is 5.56 Å². The molecule has 206 valence electrons. The number of likely N-dealkylation sites (tertiary alicyclic amines) is 1. The normalized spacial score (nSPS) is 15.4. The van der Waals surface area contributed by atoms with E-state index in [1.54, 1.807) is 12.1 Å². The molecule has 0 bridgehead atoms. The Hall–Kier alpha value is -4.43. The van der Waals surface area contributed by atoms with E-state index in [2.05, 4.69) is 50.2 Å². The average molecular weight is 548 g/mol. The van der Waals surface area contributed by atoms with Crippen LogP contribution in [-0.4, -0.2) is 61.2 Å². The summed E-state index contributed by atoms with van der Waals surface area (Å²) in [6.45, 7) is 7.01. The topological polar surface area (TPSA) is 59.0 Å². The van der Waals surface area contributed by atoms with E-state index in [0.717, 1.165) is 51.6 Å². The number of halogens is 1. The van der Waals surface area contributed by atoms with Gasteiger partial charge in [-0.05, 0) is 92.9 Å². The Balaban J connectivity index is 1.07. The van der Waals surface area contributed by atoms with Crippen molar-refractivity contribution in [2.24, 2.45) is 0 Å². The Bertz CT molecular complexity index is 1910. The van der Waals surface area contributed by atoms with E-state index in [-0.39, 0.29) is 11.4 Å². The van der Waals surface area contributed by atoms with E-state index in [1.807, 2.05) is 30.0 Å². The predicted molar refractivity (Wildman–Crippen MR) is 160 cm³/mol. The fourth-order valence-corrected chi connectivity index (χ4v) is 5.90. The monoisotopic (exact) mass is 547 g/mol. The number of nitrogens with zero attached hydrogens (tertiary/aromatic N) is 6. The van der Waals surface area contributed by atoms with Gasteiger partial charge in [0.05, 0.1) is 17.6 Å². The lowest BCUT2D eigenvalue weighted by molar-refractivity contribution is -0.459. The van der Waals surface area contributed by atoms with Crippen LogP contribution in [0.1, 0.15) is 29.5 Å². The summed E-state index contributed by atoms with van der Waals surface area (Å²) in [4.78, 5) is 19.9. The largest absolute Gasteiger partial charge is 0.299 e. The molecule has 5 heterocycles. The number of fused-ring (bicyclic) bond motifs is 2. The van der Waals surface area contributed by atoms with Crippen LogP contribution in [0.5, 0.6) is 0 Å². The third kappa shape index (κ3) is 5.11. The number of benzene rings is 2. The van der Waals surface area contributed by atoms with E-state index in [9.17, 15) is 9.18 Å². The van der Waals surface area contributed by atoms with E-state index in [4.69, 9.17) is 0 Å². The highest BCUT2D eigenvalue weighted by molar-refractivity contribution is 6.10. The average Bonchev–Trinajstić information content (AvgIpc) is 3.59. The molecule has 0 unspecified atom stereocenters. The van der Waals surface area contributed by atoms with Crippen LogP contribution in [0.15, 0.2) is 78.0 Å². The molecule has 3 aromatic heterocycles. The van der Waals surface area contributed by atoms with Crippen molar-refractivity contribution >= 4 is 33.6 Å². The maximum atomic E-state index is 14.0. The Morgan fingerprint density at radius 2 is 1.85 bits per heavy atom. The number of aryl methyl sites for hydroxylation is 3. The zero-order valence-electron chi connectivity index (χ0n) is 23.1. The third-order valence-electron chi connectivity index (χ3n) is 8.24. The quantitative estimate of drug-likeness (QED) is 0.258. The number of hydrogen-bond acceptors (Lipinski definition) is 4. The van der Waals surface area contributed by atoms with Crippen molar-refractivity contribution in [3.8, 4) is 5.82 Å². The van der Waals surface area contributed by atoms with Gasteiger partial charge in [0.2, 0.25) is 0 Å². The van der Waals surface area contributed by atoms with Gasteiger partial charge < -0.3 is 0 Å². The molecule has 7 nitrogen and oxygen atoms in total. The number of rotatable bonds is 8. The SMILES string of the molecule is Cc1cn(-c2ccc(=O)n(CCc3ccc4ncc(C5=C[N+](CCN6CCCC6)=C5)cc4c3)n2)c2cc(F)ccc12. The first-order chi connectivity index (χ1) is 20.0. The second-order valence-electron chi connectivity index (χ2n) is 11.1. The highest BCUT2D eigenvalue weighted by atomic mass is 19.1. The summed E-state index contributed by atoms with van der Waals surface area (Å²) in [5.74, 6) is 0.278. The van der Waals surface area contributed by atoms with Gasteiger partial charge in [-0.2, -0.15) is 5.10 Å². The molecule has 0 amide bonds. The van der Waals surface area contributed by atoms with Gasteiger partial charge in [-0.15, -0.1) is 0 Å². The molecule has 0 N–H and O–H groups in total. The van der Waals surface area contributed by atoms with Crippen molar-refractivity contribution in [2.75, 3.05) is 26.2 Å². The van der Waals surface area contributed by atoms with Crippen LogP contribution in [0.4, 0.5) is 4.39 Å². The van der Waals surface area contributed by atoms with Crippen LogP contribution in [0.3, 0.4) is 0 Å². The highest BCUT2D eigenvalue weighted by Gasteiger charge is 2.21. The molecule has 1 saturated heterocycles. The van der Waals surface area contributed by atoms with Gasteiger partial charge in [-0.1, -0.05) is 6.07 Å². The minimum atomic E-state index is -0.305. The standard InChI is InChI=1S/C33H32FN6O/c1-23-20-39(31-18-28(34)5-6-29(23)31)32-8-9-33(41)40(36-32)13-10-24-4-7-30-25(16-24)17-26(19-35-30)27-21-38(22-27)15-14-37-11-2-3-12-37/h4-9,16-22H,2-3,10-15H2,1H3/q+1. The van der Waals surface area contributed by atoms with E-state index in [0.29, 0.717) is 18.8 Å². The van der Waals surface area contributed by atoms with Crippen molar-refractivity contribution in [3.05, 3.63) is 106 Å². The molecule has 0 aliphatic carbocycles. The summed E-state index contributed by atoms with van der Waals surface area (Å²) in [6, 6.07) is 16.4. The number of allylic oxidation sites excluding steroid dienone is 1. The minimum Gasteiger partial charge on any atom is -0.299 e. The lowest BCUT2D eigenvalue weighted by atomic mass is 10.0. The lowest BCUT2D eigenvalue weighted by Crippen LogP contribution is -2.29. The van der Waals surface area contributed by atoms with Gasteiger partial charge in [0.1, 0.15) is 11.4 Å². The Kier molecular flexibility index (Phi) is 6.55. The maximum absolute atomic E-state index is 14.0. The molecule has 0 saturated carbocycles. The molecule has 8 heteroatoms. The van der Waals surface area contributed by atoms with Crippen LogP contribution in [0, 0.1) is 12.7 Å². The molecule has 2 aliphatic heterocycles. The number of aromatic nitrogens is 4. The molecule has 2 aliphatic rings. The Morgan fingerprint density at radius 1 is 1.00 bits per heavy atom. The first-order valence-electron chi connectivity index (χ1n) is 14.3. The molecule has 5 aromatic rings. The summed E-state index contributed by atoms with van der Waals surface area (Å²) in [6.07, 6.45) is 11.6. The lowest BCUT2D eigenvalue weighted by Gasteiger charge is -2.15. The van der Waals surface area contributed by atoms with Gasteiger partial charge in [-0.25, -0.2) is 13.6 Å². The second-order valence-corrected chi connectivity index (χ2v) is 11.1. The zero-order chi connectivity index (χ0) is 27.9. The summed E-state index contributed by atoms with van der Waals surface area (Å²) in [7, 11) is 0. The van der Waals surface area contributed by atoms with Crippen molar-refractivity contribution in [1.29, 1.82) is 0 Å². The molecular formula is C33H32FN6O+.